The smallest absolute Gasteiger partial charge is 0.157 e. The highest BCUT2D eigenvalue weighted by Gasteiger charge is 2.61. The summed E-state index contributed by atoms with van der Waals surface area (Å²) in [6.45, 7) is 7.46. The SMILES string of the molecule is CC1(O)CC[C@@]2(C)C(CC[C@H]3[C@@H]4CC[C@H](C(=O)Cn5cccn5)[C@@]4(C)CC[C@@H]32)C1. The van der Waals surface area contributed by atoms with Crippen LogP contribution in [0.2, 0.25) is 0 Å². The lowest BCUT2D eigenvalue weighted by Gasteiger charge is -2.61. The quantitative estimate of drug-likeness (QED) is 0.791. The van der Waals surface area contributed by atoms with E-state index in [9.17, 15) is 9.90 Å². The normalized spacial score (nSPS) is 49.2. The minimum Gasteiger partial charge on any atom is -0.390 e. The molecule has 4 aliphatic carbocycles. The lowest BCUT2D eigenvalue weighted by Crippen LogP contribution is -2.55. The maximum Gasteiger partial charge on any atom is 0.157 e. The average molecular weight is 399 g/mol. The van der Waals surface area contributed by atoms with Gasteiger partial charge in [0.1, 0.15) is 0 Å². The highest BCUT2D eigenvalue weighted by molar-refractivity contribution is 5.82. The van der Waals surface area contributed by atoms with Crippen LogP contribution in [-0.2, 0) is 11.3 Å². The first-order valence-electron chi connectivity index (χ1n) is 12.0. The third-order valence-electron chi connectivity index (χ3n) is 10.2. The van der Waals surface area contributed by atoms with Crippen molar-refractivity contribution in [2.24, 2.45) is 40.4 Å². The zero-order valence-corrected chi connectivity index (χ0v) is 18.4. The number of carbonyl (C=O) groups excluding carboxylic acids is 1. The maximum absolute atomic E-state index is 13.2. The topological polar surface area (TPSA) is 55.1 Å². The Morgan fingerprint density at radius 1 is 1.03 bits per heavy atom. The third-order valence-corrected chi connectivity index (χ3v) is 10.2. The molecular formula is C25H38N2O2. The lowest BCUT2D eigenvalue weighted by atomic mass is 9.44. The molecule has 160 valence electrons. The van der Waals surface area contributed by atoms with E-state index in [4.69, 9.17) is 0 Å². The van der Waals surface area contributed by atoms with Crippen LogP contribution in [0.4, 0.5) is 0 Å². The Labute approximate surface area is 175 Å². The third kappa shape index (κ3) is 3.04. The van der Waals surface area contributed by atoms with E-state index >= 15 is 0 Å². The number of rotatable bonds is 3. The van der Waals surface area contributed by atoms with Gasteiger partial charge in [-0.1, -0.05) is 13.8 Å². The summed E-state index contributed by atoms with van der Waals surface area (Å²) >= 11 is 0. The number of nitrogens with zero attached hydrogens (tertiary/aromatic N) is 2. The monoisotopic (exact) mass is 398 g/mol. The standard InChI is InChI=1S/C25H38N2O2/c1-23(29)11-12-24(2)17(15-23)5-6-18-19-7-8-21(25(19,3)10-9-20(18)24)22(28)16-27-14-4-13-26-27/h4,13-14,17-21,29H,5-12,15-16H2,1-3H3/t17?,18-,19-,20-,21+,23?,24-,25-/m0/s1. The van der Waals surface area contributed by atoms with Gasteiger partial charge in [-0.25, -0.2) is 0 Å². The number of aromatic nitrogens is 2. The van der Waals surface area contributed by atoms with Crippen molar-refractivity contribution in [1.82, 2.24) is 9.78 Å². The van der Waals surface area contributed by atoms with Gasteiger partial charge in [0, 0.05) is 18.3 Å². The molecule has 0 amide bonds. The summed E-state index contributed by atoms with van der Waals surface area (Å²) in [7, 11) is 0. The molecule has 1 N–H and O–H groups in total. The Hall–Kier alpha value is -1.16. The first-order valence-corrected chi connectivity index (χ1v) is 12.0. The fourth-order valence-corrected chi connectivity index (χ4v) is 8.62. The summed E-state index contributed by atoms with van der Waals surface area (Å²) < 4.78 is 1.80. The summed E-state index contributed by atoms with van der Waals surface area (Å²) in [6, 6.07) is 1.90. The molecule has 4 fully saturated rings. The van der Waals surface area contributed by atoms with Gasteiger partial charge in [-0.15, -0.1) is 0 Å². The zero-order chi connectivity index (χ0) is 20.4. The van der Waals surface area contributed by atoms with Crippen LogP contribution < -0.4 is 0 Å². The molecule has 4 saturated carbocycles. The number of fused-ring (bicyclic) bond motifs is 5. The number of Topliss-reactive ketones (excluding diaryl/α,β-unsaturated/α-hetero) is 1. The molecular weight excluding hydrogens is 360 g/mol. The number of carbonyl (C=O) groups is 1. The maximum atomic E-state index is 13.2. The minimum atomic E-state index is -0.461. The van der Waals surface area contributed by atoms with E-state index in [-0.39, 0.29) is 11.3 Å². The molecule has 0 saturated heterocycles. The van der Waals surface area contributed by atoms with Crippen LogP contribution in [0.15, 0.2) is 18.5 Å². The molecule has 0 bridgehead atoms. The van der Waals surface area contributed by atoms with Gasteiger partial charge in [0.05, 0.1) is 12.1 Å². The molecule has 1 aromatic heterocycles. The Balaban J connectivity index is 1.36. The van der Waals surface area contributed by atoms with Crippen LogP contribution in [0, 0.1) is 40.4 Å². The second-order valence-electron chi connectivity index (χ2n) is 11.7. The summed E-state index contributed by atoms with van der Waals surface area (Å²) in [6.07, 6.45) is 14.1. The van der Waals surface area contributed by atoms with E-state index in [1.165, 1.54) is 38.5 Å². The van der Waals surface area contributed by atoms with E-state index in [2.05, 4.69) is 18.9 Å². The second kappa shape index (κ2) is 6.67. The molecule has 4 nitrogen and oxygen atoms in total. The number of hydrogen-bond donors (Lipinski definition) is 1. The van der Waals surface area contributed by atoms with Crippen LogP contribution in [-0.4, -0.2) is 26.3 Å². The van der Waals surface area contributed by atoms with E-state index in [0.717, 1.165) is 31.1 Å². The Morgan fingerprint density at radius 3 is 2.59 bits per heavy atom. The van der Waals surface area contributed by atoms with Crippen molar-refractivity contribution in [3.63, 3.8) is 0 Å². The van der Waals surface area contributed by atoms with Crippen LogP contribution in [0.5, 0.6) is 0 Å². The Kier molecular flexibility index (Phi) is 4.55. The summed E-state index contributed by atoms with van der Waals surface area (Å²) in [4.78, 5) is 13.2. The molecule has 0 radical (unpaired) electrons. The van der Waals surface area contributed by atoms with Crippen LogP contribution in [0.25, 0.3) is 0 Å². The molecule has 5 rings (SSSR count). The predicted molar refractivity (Wildman–Crippen MR) is 113 cm³/mol. The summed E-state index contributed by atoms with van der Waals surface area (Å²) in [5, 5.41) is 14.9. The fourth-order valence-electron chi connectivity index (χ4n) is 8.62. The largest absolute Gasteiger partial charge is 0.390 e. The van der Waals surface area contributed by atoms with Crippen molar-refractivity contribution >= 4 is 5.78 Å². The van der Waals surface area contributed by atoms with Crippen molar-refractivity contribution in [2.45, 2.75) is 90.7 Å². The van der Waals surface area contributed by atoms with E-state index < -0.39 is 5.60 Å². The molecule has 1 heterocycles. The van der Waals surface area contributed by atoms with Gasteiger partial charge in [0.2, 0.25) is 0 Å². The van der Waals surface area contributed by atoms with Crippen molar-refractivity contribution in [3.05, 3.63) is 18.5 Å². The van der Waals surface area contributed by atoms with E-state index in [0.29, 0.717) is 29.6 Å². The highest BCUT2D eigenvalue weighted by Crippen LogP contribution is 2.68. The molecule has 1 aromatic rings. The van der Waals surface area contributed by atoms with Crippen LogP contribution in [0.1, 0.15) is 78.6 Å². The Morgan fingerprint density at radius 2 is 1.83 bits per heavy atom. The van der Waals surface area contributed by atoms with Crippen molar-refractivity contribution in [1.29, 1.82) is 0 Å². The molecule has 0 spiro atoms. The fraction of sp³-hybridized carbons (Fsp3) is 0.840. The molecule has 8 atom stereocenters. The Bertz CT molecular complexity index is 772. The molecule has 29 heavy (non-hydrogen) atoms. The predicted octanol–water partition coefficient (Wildman–Crippen LogP) is 4.86. The lowest BCUT2D eigenvalue weighted by molar-refractivity contribution is -0.151. The van der Waals surface area contributed by atoms with Crippen molar-refractivity contribution in [3.8, 4) is 0 Å². The minimum absolute atomic E-state index is 0.175. The van der Waals surface area contributed by atoms with Crippen molar-refractivity contribution < 1.29 is 9.90 Å². The average Bonchev–Trinajstić information content (AvgIpc) is 3.29. The van der Waals surface area contributed by atoms with Gasteiger partial charge in [0.15, 0.2) is 5.78 Å². The number of hydrogen-bond acceptors (Lipinski definition) is 3. The molecule has 0 aliphatic heterocycles. The van der Waals surface area contributed by atoms with Crippen LogP contribution >= 0.6 is 0 Å². The van der Waals surface area contributed by atoms with Crippen LogP contribution in [0.3, 0.4) is 0 Å². The highest BCUT2D eigenvalue weighted by atomic mass is 16.3. The first kappa shape index (κ1) is 19.8. The summed E-state index contributed by atoms with van der Waals surface area (Å²) in [5.74, 6) is 3.54. The van der Waals surface area contributed by atoms with Crippen molar-refractivity contribution in [2.75, 3.05) is 0 Å². The molecule has 2 unspecified atom stereocenters. The van der Waals surface area contributed by atoms with Gasteiger partial charge in [0.25, 0.3) is 0 Å². The first-order chi connectivity index (χ1) is 13.7. The molecule has 4 heteroatoms. The van der Waals surface area contributed by atoms with E-state index in [1.807, 2.05) is 19.2 Å². The zero-order valence-electron chi connectivity index (χ0n) is 18.4. The van der Waals surface area contributed by atoms with Gasteiger partial charge < -0.3 is 5.11 Å². The second-order valence-corrected chi connectivity index (χ2v) is 11.7. The molecule has 4 aliphatic rings. The van der Waals surface area contributed by atoms with Gasteiger partial charge in [-0.2, -0.15) is 5.10 Å². The van der Waals surface area contributed by atoms with Gasteiger partial charge in [-0.05, 0) is 105 Å². The van der Waals surface area contributed by atoms with E-state index in [1.54, 1.807) is 10.9 Å². The molecule has 0 aromatic carbocycles. The van der Waals surface area contributed by atoms with Gasteiger partial charge in [-0.3, -0.25) is 9.48 Å². The number of aliphatic hydroxyl groups is 1. The summed E-state index contributed by atoms with van der Waals surface area (Å²) in [5.41, 5.74) is 0.107. The number of ketones is 1. The van der Waals surface area contributed by atoms with Gasteiger partial charge >= 0.3 is 0 Å².